The number of alkyl halides is 3. The largest absolute Gasteiger partial charge is 0.416 e. The van der Waals surface area contributed by atoms with Crippen LogP contribution >= 0.6 is 0 Å². The summed E-state index contributed by atoms with van der Waals surface area (Å²) < 4.78 is 38.6. The number of hydrogen-bond donors (Lipinski definition) is 2. The van der Waals surface area contributed by atoms with E-state index in [-0.39, 0.29) is 28.8 Å². The fourth-order valence-electron chi connectivity index (χ4n) is 4.08. The number of benzene rings is 2. The smallest absolute Gasteiger partial charge is 0.325 e. The monoisotopic (exact) mass is 471 g/mol. The van der Waals surface area contributed by atoms with Crippen molar-refractivity contribution >= 4 is 35.0 Å². The Morgan fingerprint density at radius 3 is 2.09 bits per heavy atom. The number of rotatable bonds is 5. The van der Waals surface area contributed by atoms with Gasteiger partial charge in [0.2, 0.25) is 17.7 Å². The van der Waals surface area contributed by atoms with Crippen LogP contribution in [0.3, 0.4) is 0 Å². The predicted molar refractivity (Wildman–Crippen MR) is 117 cm³/mol. The Hall–Kier alpha value is -3.95. The van der Waals surface area contributed by atoms with Gasteiger partial charge in [0.25, 0.3) is 5.91 Å². The third kappa shape index (κ3) is 4.85. The topological polar surface area (TPSA) is 95.6 Å². The molecule has 0 radical (unpaired) electrons. The Morgan fingerprint density at radius 1 is 0.882 bits per heavy atom. The lowest BCUT2D eigenvalue weighted by Crippen LogP contribution is -2.38. The molecule has 2 aromatic carbocycles. The molecule has 2 aliphatic rings. The first-order valence-corrected chi connectivity index (χ1v) is 10.5. The van der Waals surface area contributed by atoms with Crippen LogP contribution in [0, 0.1) is 11.8 Å². The molecule has 0 spiro atoms. The molecular formula is C24H20F3N3O4. The summed E-state index contributed by atoms with van der Waals surface area (Å²) in [4.78, 5) is 51.0. The second-order valence-corrected chi connectivity index (χ2v) is 8.08. The highest BCUT2D eigenvalue weighted by molar-refractivity contribution is 6.09. The van der Waals surface area contributed by atoms with Gasteiger partial charge in [-0.15, -0.1) is 0 Å². The van der Waals surface area contributed by atoms with E-state index in [0.717, 1.165) is 17.0 Å². The van der Waals surface area contributed by atoms with Crippen molar-refractivity contribution in [2.24, 2.45) is 11.8 Å². The first-order chi connectivity index (χ1) is 16.1. The predicted octanol–water partition coefficient (Wildman–Crippen LogP) is 3.85. The van der Waals surface area contributed by atoms with Crippen LogP contribution < -0.4 is 10.6 Å². The summed E-state index contributed by atoms with van der Waals surface area (Å²) in [5.74, 6) is -2.89. The van der Waals surface area contributed by atoms with E-state index in [1.165, 1.54) is 36.4 Å². The van der Waals surface area contributed by atoms with Crippen molar-refractivity contribution in [1.82, 2.24) is 4.90 Å². The van der Waals surface area contributed by atoms with E-state index in [0.29, 0.717) is 12.8 Å². The number of likely N-dealkylation sites (tertiary alicyclic amines) is 1. The zero-order valence-corrected chi connectivity index (χ0v) is 17.8. The summed E-state index contributed by atoms with van der Waals surface area (Å²) in [6.07, 6.45) is 0.0990. The van der Waals surface area contributed by atoms with Crippen LogP contribution in [0.1, 0.15) is 28.8 Å². The maximum Gasteiger partial charge on any atom is 0.416 e. The second-order valence-electron chi connectivity index (χ2n) is 8.08. The van der Waals surface area contributed by atoms with E-state index >= 15 is 0 Å². The molecule has 10 heteroatoms. The number of allylic oxidation sites excluding steroid dienone is 2. The molecule has 1 fully saturated rings. The number of anilines is 2. The highest BCUT2D eigenvalue weighted by Crippen LogP contribution is 2.35. The lowest BCUT2D eigenvalue weighted by atomic mass is 9.85. The number of halogens is 3. The maximum absolute atomic E-state index is 12.9. The van der Waals surface area contributed by atoms with Crippen molar-refractivity contribution in [1.29, 1.82) is 0 Å². The lowest BCUT2D eigenvalue weighted by Gasteiger charge is -2.15. The van der Waals surface area contributed by atoms with Crippen molar-refractivity contribution < 1.29 is 32.3 Å². The summed E-state index contributed by atoms with van der Waals surface area (Å²) in [6.45, 7) is -0.439. The van der Waals surface area contributed by atoms with Crippen molar-refractivity contribution in [2.45, 2.75) is 19.0 Å². The van der Waals surface area contributed by atoms with Crippen LogP contribution in [0.2, 0.25) is 0 Å². The van der Waals surface area contributed by atoms with Gasteiger partial charge in [-0.25, -0.2) is 0 Å². The molecule has 176 valence electrons. The highest BCUT2D eigenvalue weighted by Gasteiger charge is 2.47. The van der Waals surface area contributed by atoms with Gasteiger partial charge in [0, 0.05) is 16.9 Å². The van der Waals surface area contributed by atoms with Crippen molar-refractivity contribution in [3.05, 3.63) is 71.8 Å². The normalized spacial score (nSPS) is 19.7. The first-order valence-electron chi connectivity index (χ1n) is 10.5. The zero-order chi connectivity index (χ0) is 24.5. The quantitative estimate of drug-likeness (QED) is 0.512. The van der Waals surface area contributed by atoms with Gasteiger partial charge in [-0.1, -0.05) is 24.3 Å². The molecule has 0 aromatic heterocycles. The Bertz CT molecular complexity index is 1170. The van der Waals surface area contributed by atoms with Gasteiger partial charge in [0.05, 0.1) is 17.4 Å². The lowest BCUT2D eigenvalue weighted by molar-refractivity contribution is -0.142. The number of imide groups is 1. The number of hydrogen-bond acceptors (Lipinski definition) is 4. The molecule has 7 nitrogen and oxygen atoms in total. The molecule has 0 saturated carbocycles. The summed E-state index contributed by atoms with van der Waals surface area (Å²) in [7, 11) is 0. The average Bonchev–Trinajstić information content (AvgIpc) is 3.04. The van der Waals surface area contributed by atoms with Crippen molar-refractivity contribution in [2.75, 3.05) is 17.2 Å². The molecule has 34 heavy (non-hydrogen) atoms. The summed E-state index contributed by atoms with van der Waals surface area (Å²) in [6, 6.07) is 10.0. The van der Waals surface area contributed by atoms with Crippen molar-refractivity contribution in [3.8, 4) is 0 Å². The van der Waals surface area contributed by atoms with Gasteiger partial charge in [-0.05, 0) is 49.2 Å². The third-order valence-corrected chi connectivity index (χ3v) is 5.76. The summed E-state index contributed by atoms with van der Waals surface area (Å²) >= 11 is 0. The number of carbonyl (C=O) groups is 4. The molecule has 0 unspecified atom stereocenters. The van der Waals surface area contributed by atoms with Crippen LogP contribution in [0.25, 0.3) is 0 Å². The summed E-state index contributed by atoms with van der Waals surface area (Å²) in [5.41, 5.74) is -0.593. The van der Waals surface area contributed by atoms with Gasteiger partial charge in [-0.2, -0.15) is 13.2 Å². The molecule has 1 heterocycles. The Kier molecular flexibility index (Phi) is 6.23. The molecule has 2 aromatic rings. The minimum Gasteiger partial charge on any atom is -0.325 e. The van der Waals surface area contributed by atoms with Gasteiger partial charge in [-0.3, -0.25) is 24.1 Å². The highest BCUT2D eigenvalue weighted by atomic mass is 19.4. The molecule has 4 amide bonds. The minimum absolute atomic E-state index is 0.0312. The Labute approximate surface area is 192 Å². The van der Waals surface area contributed by atoms with E-state index in [2.05, 4.69) is 10.6 Å². The van der Waals surface area contributed by atoms with Gasteiger partial charge < -0.3 is 10.6 Å². The van der Waals surface area contributed by atoms with Gasteiger partial charge >= 0.3 is 6.18 Å². The summed E-state index contributed by atoms with van der Waals surface area (Å²) in [5, 5.41) is 4.94. The van der Waals surface area contributed by atoms with Crippen LogP contribution in [0.4, 0.5) is 24.5 Å². The van der Waals surface area contributed by atoms with E-state index in [1.54, 1.807) is 0 Å². The molecule has 1 aliphatic heterocycles. The van der Waals surface area contributed by atoms with E-state index in [1.807, 2.05) is 12.2 Å². The number of fused-ring (bicyclic) bond motifs is 1. The maximum atomic E-state index is 12.9. The van der Waals surface area contributed by atoms with Crippen LogP contribution in [-0.4, -0.2) is 35.1 Å². The molecule has 1 aliphatic carbocycles. The molecule has 1 saturated heterocycles. The minimum atomic E-state index is -4.54. The first kappa shape index (κ1) is 23.2. The van der Waals surface area contributed by atoms with E-state index < -0.39 is 41.9 Å². The third-order valence-electron chi connectivity index (χ3n) is 5.76. The Balaban J connectivity index is 1.40. The molecular weight excluding hydrogens is 451 g/mol. The van der Waals surface area contributed by atoms with E-state index in [4.69, 9.17) is 0 Å². The van der Waals surface area contributed by atoms with Gasteiger partial charge in [0.15, 0.2) is 0 Å². The Morgan fingerprint density at radius 2 is 1.47 bits per heavy atom. The van der Waals surface area contributed by atoms with Gasteiger partial charge in [0.1, 0.15) is 6.54 Å². The molecule has 2 atom stereocenters. The van der Waals surface area contributed by atoms with E-state index in [9.17, 15) is 32.3 Å². The fraction of sp³-hybridized carbons (Fsp3) is 0.250. The molecule has 0 bridgehead atoms. The number of nitrogens with zero attached hydrogens (tertiary/aromatic N) is 1. The van der Waals surface area contributed by atoms with Crippen LogP contribution in [0.5, 0.6) is 0 Å². The van der Waals surface area contributed by atoms with Crippen LogP contribution in [0.15, 0.2) is 60.7 Å². The fourth-order valence-corrected chi connectivity index (χ4v) is 4.08. The molecule has 2 N–H and O–H groups in total. The van der Waals surface area contributed by atoms with Crippen molar-refractivity contribution in [3.63, 3.8) is 0 Å². The number of amides is 4. The molecule has 4 rings (SSSR count). The average molecular weight is 471 g/mol. The standard InChI is InChI=1S/C24H20F3N3O4/c25-24(26,27)15-6-4-8-17(12-15)29-21(32)14-5-3-7-16(11-14)28-20(31)13-30-22(33)18-9-1-2-10-19(18)23(30)34/h1-8,11-12,18-19H,9-10,13H2,(H,28,31)(H,29,32)/t18-,19-/m0/s1. The SMILES string of the molecule is O=C(CN1C(=O)[C@H]2CC=CC[C@@H]2C1=O)Nc1cccc(C(=O)Nc2cccc(C(F)(F)F)c2)c1. The number of carbonyl (C=O) groups excluding carboxylic acids is 4. The number of nitrogens with one attached hydrogen (secondary N) is 2. The second kappa shape index (κ2) is 9.12. The van der Waals surface area contributed by atoms with Crippen LogP contribution in [-0.2, 0) is 20.6 Å². The zero-order valence-electron chi connectivity index (χ0n) is 17.8.